The molecule has 0 saturated carbocycles. The number of halogens is 3. The zero-order valence-corrected chi connectivity index (χ0v) is 19.1. The summed E-state index contributed by atoms with van der Waals surface area (Å²) in [7, 11) is -3.59. The maximum absolute atomic E-state index is 13.6. The molecular formula is C26H19F3N2O2S. The van der Waals surface area contributed by atoms with Crippen molar-refractivity contribution in [3.8, 4) is 28.5 Å². The lowest BCUT2D eigenvalue weighted by Crippen LogP contribution is -2.14. The van der Waals surface area contributed by atoms with Crippen molar-refractivity contribution in [3.63, 3.8) is 0 Å². The van der Waals surface area contributed by atoms with Gasteiger partial charge >= 0.3 is 6.18 Å². The Bertz CT molecular complexity index is 1550. The number of pyridine rings is 1. The summed E-state index contributed by atoms with van der Waals surface area (Å²) in [6, 6.07) is 20.3. The Morgan fingerprint density at radius 3 is 2.26 bits per heavy atom. The Kier molecular flexibility index (Phi) is 5.92. The minimum Gasteiger partial charge on any atom is -0.246 e. The first-order valence-electron chi connectivity index (χ1n) is 10.4. The lowest BCUT2D eigenvalue weighted by Gasteiger charge is -2.15. The summed E-state index contributed by atoms with van der Waals surface area (Å²) in [5.41, 5.74) is 0.493. The number of alkyl halides is 3. The number of rotatable bonds is 4. The van der Waals surface area contributed by atoms with E-state index >= 15 is 0 Å². The SMILES string of the molecule is CC(C)S(=O)(=O)c1ccccc1-c1cccc(-c2nc3c(C(F)(F)F)cccc3cc2C#N)c1. The van der Waals surface area contributed by atoms with Crippen LogP contribution in [-0.4, -0.2) is 18.7 Å². The van der Waals surface area contributed by atoms with Crippen LogP contribution >= 0.6 is 0 Å². The molecule has 8 heteroatoms. The normalized spacial score (nSPS) is 12.1. The van der Waals surface area contributed by atoms with Gasteiger partial charge in [0.15, 0.2) is 9.84 Å². The van der Waals surface area contributed by atoms with Crippen LogP contribution in [0.1, 0.15) is 25.0 Å². The third-order valence-electron chi connectivity index (χ3n) is 5.53. The van der Waals surface area contributed by atoms with Crippen molar-refractivity contribution < 1.29 is 21.6 Å². The highest BCUT2D eigenvalue weighted by Gasteiger charge is 2.33. The molecule has 3 aromatic carbocycles. The van der Waals surface area contributed by atoms with Gasteiger partial charge in [-0.3, -0.25) is 0 Å². The first-order chi connectivity index (χ1) is 16.0. The molecule has 0 spiro atoms. The molecular weight excluding hydrogens is 461 g/mol. The molecule has 1 aromatic heterocycles. The van der Waals surface area contributed by atoms with E-state index in [1.807, 2.05) is 6.07 Å². The maximum Gasteiger partial charge on any atom is 0.418 e. The Balaban J connectivity index is 1.95. The van der Waals surface area contributed by atoms with Crippen LogP contribution in [-0.2, 0) is 16.0 Å². The number of nitriles is 1. The highest BCUT2D eigenvalue weighted by Crippen LogP contribution is 2.37. The third-order valence-corrected chi connectivity index (χ3v) is 7.74. The van der Waals surface area contributed by atoms with E-state index in [9.17, 15) is 26.9 Å². The third kappa shape index (κ3) is 4.15. The molecule has 0 aliphatic rings. The van der Waals surface area contributed by atoms with Crippen molar-refractivity contribution >= 4 is 20.7 Å². The van der Waals surface area contributed by atoms with E-state index in [1.165, 1.54) is 24.3 Å². The van der Waals surface area contributed by atoms with Gasteiger partial charge in [0, 0.05) is 16.5 Å². The molecule has 1 heterocycles. The van der Waals surface area contributed by atoms with E-state index in [2.05, 4.69) is 4.98 Å². The van der Waals surface area contributed by atoms with E-state index in [0.717, 1.165) is 6.07 Å². The second-order valence-electron chi connectivity index (χ2n) is 8.04. The van der Waals surface area contributed by atoms with Gasteiger partial charge in [0.1, 0.15) is 6.07 Å². The number of aromatic nitrogens is 1. The van der Waals surface area contributed by atoms with Crippen molar-refractivity contribution in [3.05, 3.63) is 83.9 Å². The van der Waals surface area contributed by atoms with Crippen LogP contribution in [0.5, 0.6) is 0 Å². The van der Waals surface area contributed by atoms with Crippen molar-refractivity contribution in [1.29, 1.82) is 5.26 Å². The van der Waals surface area contributed by atoms with Gasteiger partial charge in [0.2, 0.25) is 0 Å². The number of benzene rings is 3. The molecule has 172 valence electrons. The molecule has 4 nitrogen and oxygen atoms in total. The number of hydrogen-bond donors (Lipinski definition) is 0. The van der Waals surface area contributed by atoms with Gasteiger partial charge in [-0.05, 0) is 43.7 Å². The number of nitrogens with zero attached hydrogens (tertiary/aromatic N) is 2. The highest BCUT2D eigenvalue weighted by atomic mass is 32.2. The fraction of sp³-hybridized carbons (Fsp3) is 0.154. The number of para-hydroxylation sites is 1. The van der Waals surface area contributed by atoms with Gasteiger partial charge in [-0.2, -0.15) is 18.4 Å². The topological polar surface area (TPSA) is 70.8 Å². The molecule has 0 N–H and O–H groups in total. The predicted octanol–water partition coefficient (Wildman–Crippen LogP) is 6.64. The molecule has 0 aliphatic heterocycles. The van der Waals surface area contributed by atoms with Crippen LogP contribution < -0.4 is 0 Å². The number of sulfone groups is 1. The maximum atomic E-state index is 13.6. The molecule has 0 amide bonds. The molecule has 0 saturated heterocycles. The average Bonchev–Trinajstić information content (AvgIpc) is 2.82. The van der Waals surface area contributed by atoms with E-state index < -0.39 is 26.8 Å². The van der Waals surface area contributed by atoms with Crippen molar-refractivity contribution in [1.82, 2.24) is 4.98 Å². The summed E-state index contributed by atoms with van der Waals surface area (Å²) in [6.07, 6.45) is -4.61. The zero-order chi connectivity index (χ0) is 24.7. The van der Waals surface area contributed by atoms with Crippen LogP contribution in [0.2, 0.25) is 0 Å². The monoisotopic (exact) mass is 480 g/mol. The lowest BCUT2D eigenvalue weighted by molar-refractivity contribution is -0.136. The van der Waals surface area contributed by atoms with E-state index in [1.54, 1.807) is 56.3 Å². The van der Waals surface area contributed by atoms with E-state index in [-0.39, 0.29) is 27.1 Å². The largest absolute Gasteiger partial charge is 0.418 e. The smallest absolute Gasteiger partial charge is 0.246 e. The Morgan fingerprint density at radius 2 is 1.59 bits per heavy atom. The standard InChI is InChI=1S/C26H19F3N2O2S/c1-16(2)34(32,33)23-12-4-3-10-21(23)17-7-5-8-18(13-17)24-20(15-30)14-19-9-6-11-22(25(19)31-24)26(27,28)29/h3-14,16H,1-2H3. The first kappa shape index (κ1) is 23.5. The van der Waals surface area contributed by atoms with Crippen molar-refractivity contribution in [2.45, 2.75) is 30.2 Å². The molecule has 34 heavy (non-hydrogen) atoms. The first-order valence-corrected chi connectivity index (χ1v) is 11.9. The number of hydrogen-bond acceptors (Lipinski definition) is 4. The zero-order valence-electron chi connectivity index (χ0n) is 18.3. The average molecular weight is 481 g/mol. The van der Waals surface area contributed by atoms with Gasteiger partial charge in [-0.15, -0.1) is 0 Å². The number of fused-ring (bicyclic) bond motifs is 1. The summed E-state index contributed by atoms with van der Waals surface area (Å²) in [5, 5.41) is 9.25. The van der Waals surface area contributed by atoms with Gasteiger partial charge in [0.25, 0.3) is 0 Å². The van der Waals surface area contributed by atoms with Crippen LogP contribution in [0, 0.1) is 11.3 Å². The lowest BCUT2D eigenvalue weighted by atomic mass is 9.98. The Labute approximate surface area is 195 Å². The fourth-order valence-electron chi connectivity index (χ4n) is 3.77. The van der Waals surface area contributed by atoms with Crippen LogP contribution in [0.3, 0.4) is 0 Å². The molecule has 0 radical (unpaired) electrons. The van der Waals surface area contributed by atoms with Gasteiger partial charge < -0.3 is 0 Å². The molecule has 0 fully saturated rings. The second kappa shape index (κ2) is 8.58. The molecule has 0 aliphatic carbocycles. The summed E-state index contributed by atoms with van der Waals surface area (Å²) < 4.78 is 66.5. The van der Waals surface area contributed by atoms with Crippen molar-refractivity contribution in [2.75, 3.05) is 0 Å². The fourth-order valence-corrected chi connectivity index (χ4v) is 5.04. The molecule has 4 rings (SSSR count). The summed E-state index contributed by atoms with van der Waals surface area (Å²) in [5.74, 6) is 0. The second-order valence-corrected chi connectivity index (χ2v) is 10.5. The van der Waals surface area contributed by atoms with Gasteiger partial charge in [-0.25, -0.2) is 13.4 Å². The summed E-state index contributed by atoms with van der Waals surface area (Å²) in [4.78, 5) is 4.42. The summed E-state index contributed by atoms with van der Waals surface area (Å²) >= 11 is 0. The van der Waals surface area contributed by atoms with Gasteiger partial charge in [0.05, 0.1) is 32.5 Å². The predicted molar refractivity (Wildman–Crippen MR) is 125 cm³/mol. The van der Waals surface area contributed by atoms with Gasteiger partial charge in [-0.1, -0.05) is 48.5 Å². The minimum atomic E-state index is -4.61. The van der Waals surface area contributed by atoms with Crippen LogP contribution in [0.15, 0.2) is 77.7 Å². The van der Waals surface area contributed by atoms with E-state index in [0.29, 0.717) is 16.7 Å². The highest BCUT2D eigenvalue weighted by molar-refractivity contribution is 7.92. The summed E-state index contributed by atoms with van der Waals surface area (Å²) in [6.45, 7) is 3.19. The molecule has 0 unspecified atom stereocenters. The molecule has 0 atom stereocenters. The Morgan fingerprint density at radius 1 is 0.912 bits per heavy atom. The Hall–Kier alpha value is -3.70. The van der Waals surface area contributed by atoms with Crippen molar-refractivity contribution in [2.24, 2.45) is 0 Å². The van der Waals surface area contributed by atoms with Crippen LogP contribution in [0.4, 0.5) is 13.2 Å². The quantitative estimate of drug-likeness (QED) is 0.328. The molecule has 4 aromatic rings. The molecule has 0 bridgehead atoms. The van der Waals surface area contributed by atoms with Crippen LogP contribution in [0.25, 0.3) is 33.3 Å². The van der Waals surface area contributed by atoms with E-state index in [4.69, 9.17) is 0 Å². The minimum absolute atomic E-state index is 0.0951.